The van der Waals surface area contributed by atoms with E-state index in [0.29, 0.717) is 9.76 Å². The third-order valence-corrected chi connectivity index (χ3v) is 2.27. The van der Waals surface area contributed by atoms with Gasteiger partial charge in [0.25, 0.3) is 9.76 Å². The van der Waals surface area contributed by atoms with Crippen LogP contribution in [0.5, 0.6) is 0 Å². The summed E-state index contributed by atoms with van der Waals surface area (Å²) in [6.45, 7) is 3.72. The molecule has 1 aromatic carbocycles. The van der Waals surface area contributed by atoms with Gasteiger partial charge in [-0.1, -0.05) is 36.9 Å². The molecule has 0 amide bonds. The van der Waals surface area contributed by atoms with E-state index in [9.17, 15) is 0 Å². The molecule has 0 N–H and O–H groups in total. The zero-order valence-electron chi connectivity index (χ0n) is 6.50. The first-order valence-electron chi connectivity index (χ1n) is 3.39. The van der Waals surface area contributed by atoms with Gasteiger partial charge >= 0.3 is 0 Å². The summed E-state index contributed by atoms with van der Waals surface area (Å²) in [5, 5.41) is 1.21. The summed E-state index contributed by atoms with van der Waals surface area (Å²) in [7, 11) is 2.13. The van der Waals surface area contributed by atoms with Crippen LogP contribution < -0.4 is 5.19 Å². The molecule has 0 unspecified atom stereocenters. The van der Waals surface area contributed by atoms with Crippen molar-refractivity contribution < 1.29 is 4.43 Å². The van der Waals surface area contributed by atoms with E-state index >= 15 is 0 Å². The third kappa shape index (κ3) is 2.03. The molecule has 0 atom stereocenters. The van der Waals surface area contributed by atoms with Gasteiger partial charge in [0, 0.05) is 7.11 Å². The first kappa shape index (κ1) is 8.24. The van der Waals surface area contributed by atoms with E-state index in [-0.39, 0.29) is 0 Å². The molecule has 0 aliphatic heterocycles. The van der Waals surface area contributed by atoms with Crippen molar-refractivity contribution in [1.82, 2.24) is 0 Å². The van der Waals surface area contributed by atoms with Crippen LogP contribution >= 0.6 is 0 Å². The molecular formula is C9H10OSi. The van der Waals surface area contributed by atoms with Crippen LogP contribution in [0.25, 0.3) is 6.08 Å². The summed E-state index contributed by atoms with van der Waals surface area (Å²) in [6.07, 6.45) is 1.85. The largest absolute Gasteiger partial charge is 0.415 e. The predicted molar refractivity (Wildman–Crippen MR) is 48.9 cm³/mol. The third-order valence-electron chi connectivity index (χ3n) is 1.39. The maximum atomic E-state index is 5.05. The molecule has 0 heterocycles. The second kappa shape index (κ2) is 4.11. The lowest BCUT2D eigenvalue weighted by Crippen LogP contribution is -2.18. The molecule has 0 aliphatic carbocycles. The highest BCUT2D eigenvalue weighted by atomic mass is 28.2. The van der Waals surface area contributed by atoms with Gasteiger partial charge in [0.15, 0.2) is 0 Å². The highest BCUT2D eigenvalue weighted by molar-refractivity contribution is 6.48. The second-order valence-corrected chi connectivity index (χ2v) is 3.25. The summed E-state index contributed by atoms with van der Waals surface area (Å²) in [4.78, 5) is 0. The van der Waals surface area contributed by atoms with E-state index in [0.717, 1.165) is 5.56 Å². The van der Waals surface area contributed by atoms with Crippen molar-refractivity contribution in [3.63, 3.8) is 0 Å². The lowest BCUT2D eigenvalue weighted by molar-refractivity contribution is 0.450. The van der Waals surface area contributed by atoms with E-state index in [1.807, 2.05) is 24.3 Å². The fourth-order valence-corrected chi connectivity index (χ4v) is 1.57. The van der Waals surface area contributed by atoms with Gasteiger partial charge in [-0.05, 0) is 10.8 Å². The van der Waals surface area contributed by atoms with Gasteiger partial charge in [0.05, 0.1) is 0 Å². The molecule has 0 aliphatic rings. The lowest BCUT2D eigenvalue weighted by atomic mass is 10.2. The van der Waals surface area contributed by atoms with Crippen LogP contribution in [-0.4, -0.2) is 16.9 Å². The Balaban J connectivity index is 2.92. The van der Waals surface area contributed by atoms with Gasteiger partial charge in [0.2, 0.25) is 0 Å². The smallest absolute Gasteiger partial charge is 0.268 e. The zero-order chi connectivity index (χ0) is 8.10. The van der Waals surface area contributed by atoms with E-state index in [1.54, 1.807) is 7.11 Å². The molecule has 2 radical (unpaired) electrons. The molecule has 0 saturated heterocycles. The molecule has 1 nitrogen and oxygen atoms in total. The van der Waals surface area contributed by atoms with Crippen molar-refractivity contribution in [2.75, 3.05) is 7.11 Å². The van der Waals surface area contributed by atoms with Gasteiger partial charge in [-0.15, -0.1) is 0 Å². The number of hydrogen-bond donors (Lipinski definition) is 0. The predicted octanol–water partition coefficient (Wildman–Crippen LogP) is 1.22. The lowest BCUT2D eigenvalue weighted by Gasteiger charge is -2.00. The van der Waals surface area contributed by atoms with Crippen molar-refractivity contribution >= 4 is 21.0 Å². The van der Waals surface area contributed by atoms with Crippen LogP contribution in [0.4, 0.5) is 0 Å². The molecular weight excluding hydrogens is 152 g/mol. The monoisotopic (exact) mass is 162 g/mol. The summed E-state index contributed by atoms with van der Waals surface area (Å²) in [5.41, 5.74) is 1.16. The minimum absolute atomic E-state index is 0.422. The van der Waals surface area contributed by atoms with Gasteiger partial charge in [0.1, 0.15) is 0 Å². The van der Waals surface area contributed by atoms with Gasteiger partial charge < -0.3 is 4.43 Å². The minimum Gasteiger partial charge on any atom is -0.415 e. The molecule has 56 valence electrons. The summed E-state index contributed by atoms with van der Waals surface area (Å²) in [6, 6.07) is 8.10. The molecule has 1 aromatic rings. The van der Waals surface area contributed by atoms with Crippen molar-refractivity contribution in [3.05, 3.63) is 36.4 Å². The number of benzene rings is 1. The van der Waals surface area contributed by atoms with Crippen molar-refractivity contribution in [3.8, 4) is 0 Å². The summed E-state index contributed by atoms with van der Waals surface area (Å²) < 4.78 is 5.05. The Morgan fingerprint density at radius 2 is 2.18 bits per heavy atom. The maximum Gasteiger partial charge on any atom is 0.268 e. The van der Waals surface area contributed by atoms with Crippen molar-refractivity contribution in [2.45, 2.75) is 0 Å². The van der Waals surface area contributed by atoms with Crippen LogP contribution in [0.15, 0.2) is 30.8 Å². The SMILES string of the molecule is C=Cc1ccccc1[Si]OC. The van der Waals surface area contributed by atoms with Crippen molar-refractivity contribution in [1.29, 1.82) is 0 Å². The zero-order valence-corrected chi connectivity index (χ0v) is 7.50. The molecule has 0 fully saturated rings. The van der Waals surface area contributed by atoms with Crippen LogP contribution in [0.1, 0.15) is 5.56 Å². The Kier molecular flexibility index (Phi) is 3.07. The molecule has 0 spiro atoms. The standard InChI is InChI=1S/C9H10OSi/c1-3-8-6-4-5-7-9(8)11-10-2/h3-7H,1H2,2H3. The van der Waals surface area contributed by atoms with Gasteiger partial charge in [-0.2, -0.15) is 0 Å². The van der Waals surface area contributed by atoms with Crippen LogP contribution in [0, 0.1) is 0 Å². The normalized spacial score (nSPS) is 9.55. The van der Waals surface area contributed by atoms with E-state index in [4.69, 9.17) is 4.43 Å². The second-order valence-electron chi connectivity index (χ2n) is 2.10. The molecule has 2 heteroatoms. The molecule has 0 aromatic heterocycles. The Hall–Kier alpha value is -0.863. The summed E-state index contributed by atoms with van der Waals surface area (Å²) >= 11 is 0. The average Bonchev–Trinajstić information content (AvgIpc) is 2.06. The molecule has 0 bridgehead atoms. The topological polar surface area (TPSA) is 9.23 Å². The minimum atomic E-state index is 0.422. The van der Waals surface area contributed by atoms with Crippen molar-refractivity contribution in [2.24, 2.45) is 0 Å². The van der Waals surface area contributed by atoms with E-state index < -0.39 is 0 Å². The van der Waals surface area contributed by atoms with E-state index in [2.05, 4.69) is 12.6 Å². The Morgan fingerprint density at radius 1 is 1.45 bits per heavy atom. The van der Waals surface area contributed by atoms with Crippen LogP contribution in [-0.2, 0) is 4.43 Å². The van der Waals surface area contributed by atoms with Crippen LogP contribution in [0.3, 0.4) is 0 Å². The Labute approximate surface area is 69.6 Å². The molecule has 0 saturated carbocycles. The highest BCUT2D eigenvalue weighted by Crippen LogP contribution is 1.96. The van der Waals surface area contributed by atoms with Gasteiger partial charge in [-0.25, -0.2) is 0 Å². The molecule has 11 heavy (non-hydrogen) atoms. The fourth-order valence-electron chi connectivity index (χ4n) is 0.878. The molecule has 1 rings (SSSR count). The number of rotatable bonds is 3. The van der Waals surface area contributed by atoms with Crippen LogP contribution in [0.2, 0.25) is 0 Å². The number of hydrogen-bond acceptors (Lipinski definition) is 1. The maximum absolute atomic E-state index is 5.05. The Morgan fingerprint density at radius 3 is 2.82 bits per heavy atom. The summed E-state index contributed by atoms with van der Waals surface area (Å²) in [5.74, 6) is 0. The Bertz CT molecular complexity index is 245. The highest BCUT2D eigenvalue weighted by Gasteiger charge is 1.97. The first-order chi connectivity index (χ1) is 5.38. The quantitative estimate of drug-likeness (QED) is 0.607. The fraction of sp³-hybridized carbons (Fsp3) is 0.111. The average molecular weight is 162 g/mol. The van der Waals surface area contributed by atoms with E-state index in [1.165, 1.54) is 5.19 Å². The van der Waals surface area contributed by atoms with Gasteiger partial charge in [-0.3, -0.25) is 0 Å². The first-order valence-corrected chi connectivity index (χ1v) is 4.29.